The van der Waals surface area contributed by atoms with Crippen molar-refractivity contribution < 1.29 is 9.13 Å². The molecule has 4 nitrogen and oxygen atoms in total. The van der Waals surface area contributed by atoms with Crippen LogP contribution >= 0.6 is 11.6 Å². The summed E-state index contributed by atoms with van der Waals surface area (Å²) in [6, 6.07) is 5.26. The number of benzene rings is 1. The lowest BCUT2D eigenvalue weighted by Gasteiger charge is -2.06. The SMILES string of the molecule is CCOCc1nc(-c2ccc(F)cc2Cl)cc(=O)[nH]1. The first-order chi connectivity index (χ1) is 9.10. The summed E-state index contributed by atoms with van der Waals surface area (Å²) in [6.07, 6.45) is 0. The largest absolute Gasteiger partial charge is 0.374 e. The number of ether oxygens (including phenoxy) is 1. The summed E-state index contributed by atoms with van der Waals surface area (Å²) >= 11 is 5.95. The maximum atomic E-state index is 13.0. The molecule has 2 aromatic rings. The third-order valence-electron chi connectivity index (χ3n) is 2.44. The van der Waals surface area contributed by atoms with E-state index in [1.807, 2.05) is 6.92 Å². The van der Waals surface area contributed by atoms with Gasteiger partial charge in [0.25, 0.3) is 5.56 Å². The number of nitrogens with one attached hydrogen (secondary N) is 1. The van der Waals surface area contributed by atoms with E-state index in [1.54, 1.807) is 0 Å². The zero-order chi connectivity index (χ0) is 13.8. The molecule has 0 aliphatic carbocycles. The van der Waals surface area contributed by atoms with Gasteiger partial charge in [0.1, 0.15) is 18.2 Å². The predicted molar refractivity (Wildman–Crippen MR) is 70.6 cm³/mol. The quantitative estimate of drug-likeness (QED) is 0.938. The predicted octanol–water partition coefficient (Wildman–Crippen LogP) is 2.77. The maximum absolute atomic E-state index is 13.0. The monoisotopic (exact) mass is 282 g/mol. The number of nitrogens with zero attached hydrogens (tertiary/aromatic N) is 1. The van der Waals surface area contributed by atoms with E-state index in [0.717, 1.165) is 0 Å². The Kier molecular flexibility index (Phi) is 4.29. The standard InChI is InChI=1S/C13H12ClFN2O2/c1-2-19-7-12-16-11(6-13(18)17-12)9-4-3-8(15)5-10(9)14/h3-6H,2,7H2,1H3,(H,16,17,18). The smallest absolute Gasteiger partial charge is 0.251 e. The van der Waals surface area contributed by atoms with Gasteiger partial charge in [-0.05, 0) is 25.1 Å². The first-order valence-electron chi connectivity index (χ1n) is 5.73. The molecule has 1 heterocycles. The van der Waals surface area contributed by atoms with Crippen LogP contribution in [0, 0.1) is 5.82 Å². The van der Waals surface area contributed by atoms with Crippen molar-refractivity contribution in [2.75, 3.05) is 6.61 Å². The van der Waals surface area contributed by atoms with Gasteiger partial charge < -0.3 is 9.72 Å². The Morgan fingerprint density at radius 2 is 2.21 bits per heavy atom. The lowest BCUT2D eigenvalue weighted by Crippen LogP contribution is -2.12. The molecular weight excluding hydrogens is 271 g/mol. The van der Waals surface area contributed by atoms with E-state index >= 15 is 0 Å². The molecule has 0 fully saturated rings. The molecular formula is C13H12ClFN2O2. The Morgan fingerprint density at radius 3 is 2.89 bits per heavy atom. The van der Waals surface area contributed by atoms with Gasteiger partial charge in [0.15, 0.2) is 0 Å². The first kappa shape index (κ1) is 13.7. The summed E-state index contributed by atoms with van der Waals surface area (Å²) in [5.41, 5.74) is 0.593. The van der Waals surface area contributed by atoms with E-state index in [2.05, 4.69) is 9.97 Å². The van der Waals surface area contributed by atoms with E-state index < -0.39 is 5.82 Å². The highest BCUT2D eigenvalue weighted by Crippen LogP contribution is 2.26. The molecule has 0 saturated heterocycles. The molecule has 0 aliphatic rings. The van der Waals surface area contributed by atoms with E-state index in [-0.39, 0.29) is 17.2 Å². The second-order valence-electron chi connectivity index (χ2n) is 3.84. The summed E-state index contributed by atoms with van der Waals surface area (Å²) in [4.78, 5) is 18.4. The third kappa shape index (κ3) is 3.39. The van der Waals surface area contributed by atoms with E-state index in [4.69, 9.17) is 16.3 Å². The average Bonchev–Trinajstić information content (AvgIpc) is 2.35. The van der Waals surface area contributed by atoms with Crippen molar-refractivity contribution in [3.8, 4) is 11.3 Å². The number of halogens is 2. The van der Waals surface area contributed by atoms with Gasteiger partial charge in [-0.3, -0.25) is 4.79 Å². The number of rotatable bonds is 4. The van der Waals surface area contributed by atoms with E-state index in [1.165, 1.54) is 24.3 Å². The third-order valence-corrected chi connectivity index (χ3v) is 2.75. The Morgan fingerprint density at radius 1 is 1.42 bits per heavy atom. The van der Waals surface area contributed by atoms with Gasteiger partial charge >= 0.3 is 0 Å². The van der Waals surface area contributed by atoms with Gasteiger partial charge in [-0.15, -0.1) is 0 Å². The molecule has 6 heteroatoms. The van der Waals surface area contributed by atoms with Crippen LogP contribution < -0.4 is 5.56 Å². The minimum absolute atomic E-state index is 0.207. The van der Waals surface area contributed by atoms with E-state index in [0.29, 0.717) is 23.7 Å². The molecule has 19 heavy (non-hydrogen) atoms. The molecule has 2 rings (SSSR count). The Bertz CT molecular complexity index is 643. The van der Waals surface area contributed by atoms with Gasteiger partial charge in [0.2, 0.25) is 0 Å². The van der Waals surface area contributed by atoms with Gasteiger partial charge in [0, 0.05) is 18.2 Å². The van der Waals surface area contributed by atoms with Crippen LogP contribution in [0.1, 0.15) is 12.7 Å². The lowest BCUT2D eigenvalue weighted by molar-refractivity contribution is 0.128. The summed E-state index contributed by atoms with van der Waals surface area (Å²) < 4.78 is 18.2. The number of hydrogen-bond donors (Lipinski definition) is 1. The molecule has 1 N–H and O–H groups in total. The summed E-state index contributed by atoms with van der Waals surface area (Å²) in [7, 11) is 0. The van der Waals surface area contributed by atoms with Crippen molar-refractivity contribution in [2.45, 2.75) is 13.5 Å². The molecule has 0 aliphatic heterocycles. The normalized spacial score (nSPS) is 10.7. The van der Waals surface area contributed by atoms with Crippen LogP contribution in [-0.2, 0) is 11.3 Å². The summed E-state index contributed by atoms with van der Waals surface area (Å²) in [5.74, 6) is -0.0297. The summed E-state index contributed by atoms with van der Waals surface area (Å²) in [5, 5.41) is 0.209. The molecule has 0 saturated carbocycles. The van der Waals surface area contributed by atoms with Gasteiger partial charge in [-0.25, -0.2) is 9.37 Å². The van der Waals surface area contributed by atoms with Crippen LogP contribution in [0.15, 0.2) is 29.1 Å². The van der Waals surface area contributed by atoms with Crippen molar-refractivity contribution in [1.82, 2.24) is 9.97 Å². The highest BCUT2D eigenvalue weighted by atomic mass is 35.5. The van der Waals surface area contributed by atoms with Crippen molar-refractivity contribution >= 4 is 11.6 Å². The fraction of sp³-hybridized carbons (Fsp3) is 0.231. The van der Waals surface area contributed by atoms with Crippen LogP contribution in [0.5, 0.6) is 0 Å². The van der Waals surface area contributed by atoms with Crippen LogP contribution in [0.25, 0.3) is 11.3 Å². The zero-order valence-corrected chi connectivity index (χ0v) is 11.0. The minimum atomic E-state index is -0.437. The molecule has 1 aromatic carbocycles. The van der Waals surface area contributed by atoms with Gasteiger partial charge in [0.05, 0.1) is 10.7 Å². The Hall–Kier alpha value is -1.72. The van der Waals surface area contributed by atoms with Crippen molar-refractivity contribution in [2.24, 2.45) is 0 Å². The van der Waals surface area contributed by atoms with Crippen LogP contribution in [-0.4, -0.2) is 16.6 Å². The van der Waals surface area contributed by atoms with Gasteiger partial charge in [-0.1, -0.05) is 11.6 Å². The Labute approximate surface area is 114 Å². The fourth-order valence-electron chi connectivity index (χ4n) is 1.61. The highest BCUT2D eigenvalue weighted by Gasteiger charge is 2.09. The second kappa shape index (κ2) is 5.95. The zero-order valence-electron chi connectivity index (χ0n) is 10.2. The maximum Gasteiger partial charge on any atom is 0.251 e. The van der Waals surface area contributed by atoms with Crippen molar-refractivity contribution in [3.63, 3.8) is 0 Å². The topological polar surface area (TPSA) is 55.0 Å². The fourth-order valence-corrected chi connectivity index (χ4v) is 1.87. The van der Waals surface area contributed by atoms with Crippen molar-refractivity contribution in [3.05, 3.63) is 51.3 Å². The lowest BCUT2D eigenvalue weighted by atomic mass is 10.1. The average molecular weight is 283 g/mol. The molecule has 0 atom stereocenters. The molecule has 0 bridgehead atoms. The molecule has 1 aromatic heterocycles. The minimum Gasteiger partial charge on any atom is -0.374 e. The number of H-pyrrole nitrogens is 1. The molecule has 0 spiro atoms. The van der Waals surface area contributed by atoms with Crippen molar-refractivity contribution in [1.29, 1.82) is 0 Å². The molecule has 0 amide bonds. The molecule has 100 valence electrons. The molecule has 0 radical (unpaired) electrons. The molecule has 0 unspecified atom stereocenters. The van der Waals surface area contributed by atoms with Crippen LogP contribution in [0.2, 0.25) is 5.02 Å². The van der Waals surface area contributed by atoms with Crippen LogP contribution in [0.3, 0.4) is 0 Å². The Balaban J connectivity index is 2.44. The first-order valence-corrected chi connectivity index (χ1v) is 6.11. The number of aromatic amines is 1. The van der Waals surface area contributed by atoms with Crippen LogP contribution in [0.4, 0.5) is 4.39 Å². The number of aromatic nitrogens is 2. The van der Waals surface area contributed by atoms with E-state index in [9.17, 15) is 9.18 Å². The highest BCUT2D eigenvalue weighted by molar-refractivity contribution is 6.33. The summed E-state index contributed by atoms with van der Waals surface area (Å²) in [6.45, 7) is 2.57. The second-order valence-corrected chi connectivity index (χ2v) is 4.25. The number of hydrogen-bond acceptors (Lipinski definition) is 3. The van der Waals surface area contributed by atoms with Gasteiger partial charge in [-0.2, -0.15) is 0 Å².